The fourth-order valence-corrected chi connectivity index (χ4v) is 2.91. The molecule has 1 rings (SSSR count). The van der Waals surface area contributed by atoms with Crippen molar-refractivity contribution in [2.75, 3.05) is 7.11 Å². The van der Waals surface area contributed by atoms with Crippen LogP contribution in [0.4, 0.5) is 13.2 Å². The standard InChI is InChI=1S/C14H26F3NO/c1-13(2,19-3)9-8-12(18)10-6-4-5-7-11(10)14(15,16)17/h10-12H,4-9,18H2,1-3H3. The molecule has 19 heavy (non-hydrogen) atoms. The van der Waals surface area contributed by atoms with E-state index in [1.165, 1.54) is 0 Å². The van der Waals surface area contributed by atoms with Gasteiger partial charge in [-0.05, 0) is 45.4 Å². The third-order valence-corrected chi connectivity index (χ3v) is 4.42. The minimum atomic E-state index is -4.11. The van der Waals surface area contributed by atoms with Gasteiger partial charge in [-0.25, -0.2) is 0 Å². The first kappa shape index (κ1) is 16.8. The van der Waals surface area contributed by atoms with Crippen molar-refractivity contribution >= 4 is 0 Å². The van der Waals surface area contributed by atoms with E-state index in [2.05, 4.69) is 0 Å². The van der Waals surface area contributed by atoms with Gasteiger partial charge in [-0.3, -0.25) is 0 Å². The topological polar surface area (TPSA) is 35.2 Å². The van der Waals surface area contributed by atoms with Gasteiger partial charge < -0.3 is 10.5 Å². The second kappa shape index (κ2) is 6.44. The van der Waals surface area contributed by atoms with Gasteiger partial charge in [0.2, 0.25) is 0 Å². The number of ether oxygens (including phenoxy) is 1. The predicted octanol–water partition coefficient (Wildman–Crippen LogP) is 3.89. The van der Waals surface area contributed by atoms with Crippen LogP contribution in [0, 0.1) is 11.8 Å². The predicted molar refractivity (Wildman–Crippen MR) is 69.8 cm³/mol. The molecule has 0 radical (unpaired) electrons. The van der Waals surface area contributed by atoms with Gasteiger partial charge in [0.1, 0.15) is 0 Å². The maximum absolute atomic E-state index is 13.0. The first-order valence-corrected chi connectivity index (χ1v) is 7.05. The van der Waals surface area contributed by atoms with Gasteiger partial charge in [-0.15, -0.1) is 0 Å². The second-order valence-corrected chi connectivity index (χ2v) is 6.26. The number of nitrogens with two attached hydrogens (primary N) is 1. The average molecular weight is 281 g/mol. The van der Waals surface area contributed by atoms with Crippen molar-refractivity contribution in [3.8, 4) is 0 Å². The summed E-state index contributed by atoms with van der Waals surface area (Å²) in [5, 5.41) is 0. The highest BCUT2D eigenvalue weighted by Crippen LogP contribution is 2.43. The van der Waals surface area contributed by atoms with Crippen LogP contribution in [0.15, 0.2) is 0 Å². The van der Waals surface area contributed by atoms with E-state index in [0.29, 0.717) is 25.7 Å². The number of hydrogen-bond acceptors (Lipinski definition) is 2. The summed E-state index contributed by atoms with van der Waals surface area (Å²) in [6, 6.07) is -0.388. The largest absolute Gasteiger partial charge is 0.392 e. The van der Waals surface area contributed by atoms with Crippen molar-refractivity contribution in [1.29, 1.82) is 0 Å². The Labute approximate surface area is 113 Å². The van der Waals surface area contributed by atoms with Crippen molar-refractivity contribution in [2.45, 2.75) is 70.2 Å². The molecule has 5 heteroatoms. The number of halogens is 3. The summed E-state index contributed by atoms with van der Waals surface area (Å²) in [6.45, 7) is 3.86. The highest BCUT2D eigenvalue weighted by Gasteiger charge is 2.47. The van der Waals surface area contributed by atoms with E-state index in [1.54, 1.807) is 7.11 Å². The van der Waals surface area contributed by atoms with Gasteiger partial charge in [-0.2, -0.15) is 13.2 Å². The van der Waals surface area contributed by atoms with Crippen LogP contribution >= 0.6 is 0 Å². The van der Waals surface area contributed by atoms with Crippen molar-refractivity contribution in [3.63, 3.8) is 0 Å². The van der Waals surface area contributed by atoms with Crippen molar-refractivity contribution < 1.29 is 17.9 Å². The van der Waals surface area contributed by atoms with E-state index < -0.39 is 18.0 Å². The third-order valence-electron chi connectivity index (χ3n) is 4.42. The summed E-state index contributed by atoms with van der Waals surface area (Å²) < 4.78 is 44.3. The average Bonchev–Trinajstić information content (AvgIpc) is 2.35. The molecule has 0 aromatic heterocycles. The fraction of sp³-hybridized carbons (Fsp3) is 1.00. The lowest BCUT2D eigenvalue weighted by molar-refractivity contribution is -0.198. The smallest absolute Gasteiger partial charge is 0.379 e. The van der Waals surface area contributed by atoms with Crippen LogP contribution in [0.3, 0.4) is 0 Å². The molecular weight excluding hydrogens is 255 g/mol. The second-order valence-electron chi connectivity index (χ2n) is 6.26. The Balaban J connectivity index is 2.60. The summed E-state index contributed by atoms with van der Waals surface area (Å²) in [6.07, 6.45) is -0.493. The lowest BCUT2D eigenvalue weighted by Gasteiger charge is -2.37. The van der Waals surface area contributed by atoms with Crippen molar-refractivity contribution in [3.05, 3.63) is 0 Å². The minimum Gasteiger partial charge on any atom is -0.379 e. The van der Waals surface area contributed by atoms with E-state index in [-0.39, 0.29) is 18.1 Å². The molecular formula is C14H26F3NO. The SMILES string of the molecule is COC(C)(C)CCC(N)C1CCCCC1C(F)(F)F. The molecule has 114 valence electrons. The van der Waals surface area contributed by atoms with Crippen LogP contribution in [-0.2, 0) is 4.74 Å². The molecule has 0 heterocycles. The number of alkyl halides is 3. The van der Waals surface area contributed by atoms with Crippen LogP contribution in [0.5, 0.6) is 0 Å². The van der Waals surface area contributed by atoms with E-state index in [4.69, 9.17) is 10.5 Å². The van der Waals surface area contributed by atoms with E-state index in [1.807, 2.05) is 13.8 Å². The molecule has 0 aromatic carbocycles. The zero-order valence-corrected chi connectivity index (χ0v) is 12.1. The van der Waals surface area contributed by atoms with Crippen LogP contribution < -0.4 is 5.73 Å². The Morgan fingerprint density at radius 3 is 2.32 bits per heavy atom. The fourth-order valence-electron chi connectivity index (χ4n) is 2.91. The molecule has 3 atom stereocenters. The van der Waals surface area contributed by atoms with Crippen LogP contribution in [0.25, 0.3) is 0 Å². The quantitative estimate of drug-likeness (QED) is 0.829. The molecule has 0 bridgehead atoms. The Hall–Kier alpha value is -0.290. The number of methoxy groups -OCH3 is 1. The molecule has 0 spiro atoms. The lowest BCUT2D eigenvalue weighted by Crippen LogP contribution is -2.44. The van der Waals surface area contributed by atoms with Gasteiger partial charge in [0, 0.05) is 13.2 Å². The highest BCUT2D eigenvalue weighted by atomic mass is 19.4. The molecule has 3 unspecified atom stereocenters. The molecule has 0 amide bonds. The Kier molecular flexibility index (Phi) is 5.68. The van der Waals surface area contributed by atoms with Gasteiger partial charge in [0.15, 0.2) is 0 Å². The number of hydrogen-bond donors (Lipinski definition) is 1. The molecule has 0 aromatic rings. The Morgan fingerprint density at radius 2 is 1.79 bits per heavy atom. The Bertz CT molecular complexity index is 278. The molecule has 2 nitrogen and oxygen atoms in total. The van der Waals surface area contributed by atoms with Gasteiger partial charge in [0.05, 0.1) is 11.5 Å². The van der Waals surface area contributed by atoms with Crippen LogP contribution in [0.1, 0.15) is 52.4 Å². The highest BCUT2D eigenvalue weighted by molar-refractivity contribution is 4.88. The molecule has 1 saturated carbocycles. The van der Waals surface area contributed by atoms with E-state index in [9.17, 15) is 13.2 Å². The summed E-state index contributed by atoms with van der Waals surface area (Å²) in [7, 11) is 1.62. The van der Waals surface area contributed by atoms with Crippen molar-refractivity contribution in [2.24, 2.45) is 17.6 Å². The molecule has 0 saturated heterocycles. The van der Waals surface area contributed by atoms with Crippen LogP contribution in [-0.4, -0.2) is 24.9 Å². The number of rotatable bonds is 5. The molecule has 0 aliphatic heterocycles. The van der Waals surface area contributed by atoms with Gasteiger partial charge in [-0.1, -0.05) is 12.8 Å². The minimum absolute atomic E-state index is 0.232. The maximum atomic E-state index is 13.0. The molecule has 1 aliphatic carbocycles. The first-order valence-electron chi connectivity index (χ1n) is 7.05. The summed E-state index contributed by atoms with van der Waals surface area (Å²) in [5.41, 5.74) is 5.72. The van der Waals surface area contributed by atoms with Gasteiger partial charge >= 0.3 is 6.18 Å². The summed E-state index contributed by atoms with van der Waals surface area (Å²) in [5.74, 6) is -1.65. The van der Waals surface area contributed by atoms with Crippen molar-refractivity contribution in [1.82, 2.24) is 0 Å². The maximum Gasteiger partial charge on any atom is 0.392 e. The molecule has 1 aliphatic rings. The zero-order valence-electron chi connectivity index (χ0n) is 12.1. The van der Waals surface area contributed by atoms with E-state index in [0.717, 1.165) is 6.42 Å². The van der Waals surface area contributed by atoms with Crippen LogP contribution in [0.2, 0.25) is 0 Å². The monoisotopic (exact) mass is 281 g/mol. The van der Waals surface area contributed by atoms with E-state index >= 15 is 0 Å². The summed E-state index contributed by atoms with van der Waals surface area (Å²) in [4.78, 5) is 0. The lowest BCUT2D eigenvalue weighted by atomic mass is 9.73. The molecule has 1 fully saturated rings. The summed E-state index contributed by atoms with van der Waals surface area (Å²) >= 11 is 0. The zero-order chi connectivity index (χ0) is 14.7. The third kappa shape index (κ3) is 4.95. The Morgan fingerprint density at radius 1 is 1.21 bits per heavy atom. The molecule has 2 N–H and O–H groups in total. The van der Waals surface area contributed by atoms with Gasteiger partial charge in [0.25, 0.3) is 0 Å². The normalized spacial score (nSPS) is 27.3. The first-order chi connectivity index (χ1) is 8.67.